The standard InChI is InChI=1S/C31H25ClN2O5S/c1-17-7-12-21-22(14-17)30(37)34(29(21)36)19-10-8-18(9-11-19)25-15-23(20-4-2-5-24(32)28(20)33-25)31(38)39-16-26(35)27-6-3-13-40-27/h2-6,8-11,13,15,17,21-22H,7,12,14,16H2,1H3. The van der Waals surface area contributed by atoms with Gasteiger partial charge in [-0.05, 0) is 60.9 Å². The van der Waals surface area contributed by atoms with E-state index < -0.39 is 5.97 Å². The molecule has 1 aliphatic carbocycles. The number of hydrogen-bond acceptors (Lipinski definition) is 7. The van der Waals surface area contributed by atoms with Gasteiger partial charge in [-0.3, -0.25) is 19.3 Å². The number of Topliss-reactive ketones (excluding diaryl/α,β-unsaturated/α-hetero) is 1. The lowest BCUT2D eigenvalue weighted by Gasteiger charge is -2.25. The van der Waals surface area contributed by atoms with Gasteiger partial charge in [0, 0.05) is 10.9 Å². The number of hydrogen-bond donors (Lipinski definition) is 0. The third kappa shape index (κ3) is 4.71. The number of aromatic nitrogens is 1. The summed E-state index contributed by atoms with van der Waals surface area (Å²) in [4.78, 5) is 58.3. The number of anilines is 1. The molecule has 2 aromatic carbocycles. The van der Waals surface area contributed by atoms with Crippen molar-refractivity contribution in [1.82, 2.24) is 4.98 Å². The first-order valence-electron chi connectivity index (χ1n) is 13.1. The number of carbonyl (C=O) groups is 4. The van der Waals surface area contributed by atoms with Crippen molar-refractivity contribution in [1.29, 1.82) is 0 Å². The van der Waals surface area contributed by atoms with Crippen molar-refractivity contribution in [3.05, 3.63) is 81.5 Å². The van der Waals surface area contributed by atoms with Crippen molar-refractivity contribution >= 4 is 63.1 Å². The second-order valence-corrected chi connectivity index (χ2v) is 11.7. The van der Waals surface area contributed by atoms with Crippen LogP contribution >= 0.6 is 22.9 Å². The molecule has 1 aliphatic heterocycles. The Hall–Kier alpha value is -3.88. The molecule has 0 spiro atoms. The van der Waals surface area contributed by atoms with Crippen molar-refractivity contribution in [2.75, 3.05) is 11.5 Å². The lowest BCUT2D eigenvalue weighted by Crippen LogP contribution is -2.30. The molecule has 9 heteroatoms. The van der Waals surface area contributed by atoms with Gasteiger partial charge in [0.2, 0.25) is 17.6 Å². The molecule has 3 atom stereocenters. The highest BCUT2D eigenvalue weighted by molar-refractivity contribution is 7.12. The molecule has 202 valence electrons. The molecule has 0 bridgehead atoms. The zero-order valence-electron chi connectivity index (χ0n) is 21.6. The number of thiophene rings is 1. The summed E-state index contributed by atoms with van der Waals surface area (Å²) in [6, 6.07) is 17.2. The fraction of sp³-hybridized carbons (Fsp3) is 0.258. The lowest BCUT2D eigenvalue weighted by atomic mass is 9.76. The molecule has 1 saturated heterocycles. The number of rotatable bonds is 6. The van der Waals surface area contributed by atoms with E-state index in [-0.39, 0.29) is 41.6 Å². The molecule has 3 heterocycles. The average Bonchev–Trinajstić information content (AvgIpc) is 3.58. The Bertz CT molecular complexity index is 1650. The van der Waals surface area contributed by atoms with Gasteiger partial charge in [-0.15, -0.1) is 11.3 Å². The first-order valence-corrected chi connectivity index (χ1v) is 14.4. The maximum atomic E-state index is 13.2. The van der Waals surface area contributed by atoms with Gasteiger partial charge in [-0.2, -0.15) is 0 Å². The third-order valence-corrected chi connectivity index (χ3v) is 8.97. The van der Waals surface area contributed by atoms with Crippen LogP contribution < -0.4 is 4.90 Å². The highest BCUT2D eigenvalue weighted by atomic mass is 35.5. The third-order valence-electron chi connectivity index (χ3n) is 7.75. The van der Waals surface area contributed by atoms with Gasteiger partial charge < -0.3 is 4.74 Å². The zero-order chi connectivity index (χ0) is 28.0. The highest BCUT2D eigenvalue weighted by Crippen LogP contribution is 2.42. The summed E-state index contributed by atoms with van der Waals surface area (Å²) >= 11 is 7.74. The molecule has 0 radical (unpaired) electrons. The fourth-order valence-electron chi connectivity index (χ4n) is 5.67. The molecular weight excluding hydrogens is 548 g/mol. The van der Waals surface area contributed by atoms with Gasteiger partial charge in [0.15, 0.2) is 6.61 Å². The van der Waals surface area contributed by atoms with Crippen molar-refractivity contribution < 1.29 is 23.9 Å². The number of pyridine rings is 1. The van der Waals surface area contributed by atoms with Crippen molar-refractivity contribution in [2.45, 2.75) is 26.2 Å². The Kier molecular flexibility index (Phi) is 6.98. The molecule has 3 unspecified atom stereocenters. The van der Waals surface area contributed by atoms with Crippen LogP contribution in [0.5, 0.6) is 0 Å². The number of fused-ring (bicyclic) bond motifs is 2. The molecule has 40 heavy (non-hydrogen) atoms. The van der Waals surface area contributed by atoms with E-state index in [0.717, 1.165) is 19.3 Å². The molecule has 2 aliphatic rings. The predicted octanol–water partition coefficient (Wildman–Crippen LogP) is 6.58. The maximum absolute atomic E-state index is 13.2. The quantitative estimate of drug-likeness (QED) is 0.147. The number of halogens is 1. The Labute approximate surface area is 239 Å². The van der Waals surface area contributed by atoms with Crippen LogP contribution in [-0.2, 0) is 14.3 Å². The number of benzene rings is 2. The summed E-state index contributed by atoms with van der Waals surface area (Å²) in [7, 11) is 0. The SMILES string of the molecule is CC1CCC2C(=O)N(c3ccc(-c4cc(C(=O)OCC(=O)c5cccs5)c5cccc(Cl)c5n4)cc3)C(=O)C2C1. The maximum Gasteiger partial charge on any atom is 0.339 e. The number of ether oxygens (including phenoxy) is 1. The summed E-state index contributed by atoms with van der Waals surface area (Å²) in [5.74, 6) is -1.27. The van der Waals surface area contributed by atoms with Crippen molar-refractivity contribution in [3.63, 3.8) is 0 Å². The van der Waals surface area contributed by atoms with Crippen molar-refractivity contribution in [2.24, 2.45) is 17.8 Å². The van der Waals surface area contributed by atoms with Gasteiger partial charge in [-0.1, -0.05) is 48.9 Å². The highest BCUT2D eigenvalue weighted by Gasteiger charge is 2.49. The van der Waals surface area contributed by atoms with E-state index >= 15 is 0 Å². The smallest absolute Gasteiger partial charge is 0.339 e. The summed E-state index contributed by atoms with van der Waals surface area (Å²) in [6.45, 7) is 1.74. The summed E-state index contributed by atoms with van der Waals surface area (Å²) in [5.41, 5.74) is 2.30. The largest absolute Gasteiger partial charge is 0.454 e. The van der Waals surface area contributed by atoms with Crippen LogP contribution in [0.15, 0.2) is 66.0 Å². The first kappa shape index (κ1) is 26.3. The van der Waals surface area contributed by atoms with Gasteiger partial charge in [0.1, 0.15) is 0 Å². The van der Waals surface area contributed by atoms with E-state index in [2.05, 4.69) is 6.92 Å². The van der Waals surface area contributed by atoms with Crippen LogP contribution in [0.2, 0.25) is 5.02 Å². The Balaban J connectivity index is 1.30. The number of ketones is 1. The normalized spacial score (nSPS) is 20.6. The van der Waals surface area contributed by atoms with Gasteiger partial charge >= 0.3 is 5.97 Å². The summed E-state index contributed by atoms with van der Waals surface area (Å²) < 4.78 is 5.38. The Morgan fingerprint density at radius 3 is 2.55 bits per heavy atom. The number of amides is 2. The topological polar surface area (TPSA) is 93.6 Å². The van der Waals surface area contributed by atoms with Crippen LogP contribution in [0.3, 0.4) is 0 Å². The van der Waals surface area contributed by atoms with Gasteiger partial charge in [0.05, 0.1) is 44.2 Å². The number of carbonyl (C=O) groups excluding carboxylic acids is 4. The molecule has 2 fully saturated rings. The van der Waals surface area contributed by atoms with E-state index in [1.165, 1.54) is 16.2 Å². The molecule has 6 rings (SSSR count). The molecule has 0 N–H and O–H groups in total. The van der Waals surface area contributed by atoms with Crippen LogP contribution in [-0.4, -0.2) is 35.2 Å². The lowest BCUT2D eigenvalue weighted by molar-refractivity contribution is -0.122. The number of esters is 1. The molecule has 1 saturated carbocycles. The molecule has 7 nitrogen and oxygen atoms in total. The van der Waals surface area contributed by atoms with E-state index in [9.17, 15) is 19.2 Å². The number of nitrogens with zero attached hydrogens (tertiary/aromatic N) is 2. The summed E-state index contributed by atoms with van der Waals surface area (Å²) in [5, 5.41) is 2.66. The molecular formula is C31H25ClN2O5S. The number of imide groups is 1. The van der Waals surface area contributed by atoms with Crippen LogP contribution in [0.4, 0.5) is 5.69 Å². The monoisotopic (exact) mass is 572 g/mol. The zero-order valence-corrected chi connectivity index (χ0v) is 23.2. The van der Waals surface area contributed by atoms with E-state index in [4.69, 9.17) is 21.3 Å². The summed E-state index contributed by atoms with van der Waals surface area (Å²) in [6.07, 6.45) is 2.43. The van der Waals surface area contributed by atoms with Crippen LogP contribution in [0, 0.1) is 17.8 Å². The second kappa shape index (κ2) is 10.6. The average molecular weight is 573 g/mol. The molecule has 2 amide bonds. The number of para-hydroxylation sites is 1. The first-order chi connectivity index (χ1) is 19.3. The molecule has 4 aromatic rings. The van der Waals surface area contributed by atoms with Crippen LogP contribution in [0.25, 0.3) is 22.2 Å². The van der Waals surface area contributed by atoms with E-state index in [0.29, 0.717) is 43.7 Å². The fourth-order valence-corrected chi connectivity index (χ4v) is 6.54. The van der Waals surface area contributed by atoms with Crippen molar-refractivity contribution in [3.8, 4) is 11.3 Å². The second-order valence-electron chi connectivity index (χ2n) is 10.4. The molecule has 2 aromatic heterocycles. The van der Waals surface area contributed by atoms with E-state index in [1.54, 1.807) is 66.0 Å². The Morgan fingerprint density at radius 2 is 1.80 bits per heavy atom. The van der Waals surface area contributed by atoms with Gasteiger partial charge in [0.25, 0.3) is 0 Å². The minimum atomic E-state index is -0.664. The van der Waals surface area contributed by atoms with E-state index in [1.807, 2.05) is 0 Å². The minimum Gasteiger partial charge on any atom is -0.454 e. The predicted molar refractivity (Wildman–Crippen MR) is 154 cm³/mol. The van der Waals surface area contributed by atoms with Crippen LogP contribution in [0.1, 0.15) is 46.2 Å². The minimum absolute atomic E-state index is 0.132. The Morgan fingerprint density at radius 1 is 1.02 bits per heavy atom. The van der Waals surface area contributed by atoms with Gasteiger partial charge in [-0.25, -0.2) is 9.78 Å².